The van der Waals surface area contributed by atoms with Gasteiger partial charge in [-0.05, 0) is 74.6 Å². The second-order valence-corrected chi connectivity index (χ2v) is 9.77. The number of amides is 2. The summed E-state index contributed by atoms with van der Waals surface area (Å²) in [5, 5.41) is 3.57. The van der Waals surface area contributed by atoms with E-state index in [0.717, 1.165) is 28.9 Å². The Morgan fingerprint density at radius 2 is 1.67 bits per heavy atom. The molecule has 0 saturated carbocycles. The number of hydrogen-bond acceptors (Lipinski definition) is 3. The van der Waals surface area contributed by atoms with Gasteiger partial charge < -0.3 is 10.2 Å². The predicted octanol–water partition coefficient (Wildman–Crippen LogP) is 6.64. The Hall–Kier alpha value is -3.93. The van der Waals surface area contributed by atoms with Crippen LogP contribution in [0.1, 0.15) is 50.2 Å². The molecule has 1 heterocycles. The molecule has 0 fully saturated rings. The van der Waals surface area contributed by atoms with Gasteiger partial charge >= 0.3 is 6.03 Å². The third kappa shape index (κ3) is 5.33. The number of aryl methyl sites for hydroxylation is 2. The molecule has 1 N–H and O–H groups in total. The number of hydrogen-bond donors (Lipinski definition) is 1. The number of nitrogens with one attached hydrogen (secondary N) is 1. The number of nitrogens with zero attached hydrogens (tertiary/aromatic N) is 3. The van der Waals surface area contributed by atoms with E-state index in [9.17, 15) is 9.59 Å². The average molecular weight is 483 g/mol. The highest BCUT2D eigenvalue weighted by Gasteiger charge is 2.27. The minimum atomic E-state index is -0.454. The van der Waals surface area contributed by atoms with Crippen LogP contribution in [0.3, 0.4) is 0 Å². The molecule has 1 unspecified atom stereocenters. The summed E-state index contributed by atoms with van der Waals surface area (Å²) in [6, 6.07) is 22.2. The van der Waals surface area contributed by atoms with Crippen LogP contribution >= 0.6 is 0 Å². The van der Waals surface area contributed by atoms with E-state index in [2.05, 4.69) is 19.2 Å². The molecule has 4 aromatic rings. The van der Waals surface area contributed by atoms with Crippen LogP contribution in [0.4, 0.5) is 10.5 Å². The number of anilines is 1. The Morgan fingerprint density at radius 1 is 0.972 bits per heavy atom. The quantitative estimate of drug-likeness (QED) is 0.321. The van der Waals surface area contributed by atoms with Gasteiger partial charge in [0.1, 0.15) is 5.82 Å². The zero-order chi connectivity index (χ0) is 25.8. The van der Waals surface area contributed by atoms with E-state index in [4.69, 9.17) is 4.98 Å². The van der Waals surface area contributed by atoms with Gasteiger partial charge in [-0.15, -0.1) is 0 Å². The van der Waals surface area contributed by atoms with Crippen LogP contribution < -0.4 is 10.9 Å². The van der Waals surface area contributed by atoms with Gasteiger partial charge in [0.05, 0.1) is 22.6 Å². The van der Waals surface area contributed by atoms with Crippen molar-refractivity contribution in [1.82, 2.24) is 14.5 Å². The first kappa shape index (κ1) is 25.2. The molecule has 0 bridgehead atoms. The summed E-state index contributed by atoms with van der Waals surface area (Å²) in [6.45, 7) is 10.8. The van der Waals surface area contributed by atoms with Crippen LogP contribution in [0.25, 0.3) is 16.6 Å². The number of rotatable bonds is 7. The molecule has 36 heavy (non-hydrogen) atoms. The molecule has 0 spiro atoms. The van der Waals surface area contributed by atoms with Gasteiger partial charge in [0, 0.05) is 12.2 Å². The van der Waals surface area contributed by atoms with Crippen LogP contribution in [0.2, 0.25) is 0 Å². The second-order valence-electron chi connectivity index (χ2n) is 9.77. The van der Waals surface area contributed by atoms with Crippen molar-refractivity contribution >= 4 is 22.6 Å². The van der Waals surface area contributed by atoms with Gasteiger partial charge in [-0.2, -0.15) is 0 Å². The van der Waals surface area contributed by atoms with Gasteiger partial charge in [0.2, 0.25) is 0 Å². The van der Waals surface area contributed by atoms with Crippen molar-refractivity contribution in [3.8, 4) is 5.69 Å². The van der Waals surface area contributed by atoms with Crippen LogP contribution in [0, 0.1) is 19.8 Å². The molecular formula is C30H34N4O2. The number of para-hydroxylation sites is 2. The van der Waals surface area contributed by atoms with E-state index in [1.165, 1.54) is 0 Å². The predicted molar refractivity (Wildman–Crippen MR) is 147 cm³/mol. The van der Waals surface area contributed by atoms with Crippen molar-refractivity contribution in [1.29, 1.82) is 0 Å². The molecule has 6 nitrogen and oxygen atoms in total. The Balaban J connectivity index is 1.87. The molecule has 0 radical (unpaired) electrons. The van der Waals surface area contributed by atoms with E-state index >= 15 is 0 Å². The molecule has 0 aliphatic rings. The highest BCUT2D eigenvalue weighted by Crippen LogP contribution is 2.26. The fourth-order valence-corrected chi connectivity index (χ4v) is 4.35. The minimum Gasteiger partial charge on any atom is -0.315 e. The first-order valence-corrected chi connectivity index (χ1v) is 12.5. The molecule has 4 rings (SSSR count). The molecular weight excluding hydrogens is 448 g/mol. The molecule has 1 atom stereocenters. The van der Waals surface area contributed by atoms with Crippen molar-refractivity contribution in [2.75, 3.05) is 11.9 Å². The molecule has 3 aromatic carbocycles. The monoisotopic (exact) mass is 482 g/mol. The summed E-state index contributed by atoms with van der Waals surface area (Å²) < 4.78 is 1.69. The summed E-state index contributed by atoms with van der Waals surface area (Å²) in [4.78, 5) is 34.2. The van der Waals surface area contributed by atoms with Gasteiger partial charge in [0.25, 0.3) is 5.56 Å². The van der Waals surface area contributed by atoms with E-state index in [1.54, 1.807) is 15.5 Å². The number of urea groups is 1. The van der Waals surface area contributed by atoms with Crippen molar-refractivity contribution in [2.45, 2.75) is 47.1 Å². The van der Waals surface area contributed by atoms with E-state index < -0.39 is 6.04 Å². The topological polar surface area (TPSA) is 67.2 Å². The summed E-state index contributed by atoms with van der Waals surface area (Å²) in [5.74, 6) is 0.953. The van der Waals surface area contributed by atoms with E-state index in [0.29, 0.717) is 29.2 Å². The number of aromatic nitrogens is 2. The summed E-state index contributed by atoms with van der Waals surface area (Å²) in [7, 11) is 0. The fourth-order valence-electron chi connectivity index (χ4n) is 4.35. The van der Waals surface area contributed by atoms with Crippen molar-refractivity contribution in [2.24, 2.45) is 5.92 Å². The smallest absolute Gasteiger partial charge is 0.315 e. The molecule has 0 aliphatic heterocycles. The number of carbonyl (C=O) groups is 1. The van der Waals surface area contributed by atoms with E-state index in [1.807, 2.05) is 87.5 Å². The third-order valence-corrected chi connectivity index (χ3v) is 6.48. The Morgan fingerprint density at radius 3 is 2.39 bits per heavy atom. The maximum Gasteiger partial charge on any atom is 0.322 e. The Labute approximate surface area is 212 Å². The van der Waals surface area contributed by atoms with Gasteiger partial charge in [-0.3, -0.25) is 9.36 Å². The molecule has 2 amide bonds. The zero-order valence-electron chi connectivity index (χ0n) is 21.7. The fraction of sp³-hybridized carbons (Fsp3) is 0.300. The molecule has 1 aromatic heterocycles. The first-order chi connectivity index (χ1) is 17.3. The molecule has 6 heteroatoms. The molecule has 186 valence electrons. The number of fused-ring (bicyclic) bond motifs is 1. The van der Waals surface area contributed by atoms with Crippen molar-refractivity contribution in [3.63, 3.8) is 0 Å². The third-order valence-electron chi connectivity index (χ3n) is 6.48. The van der Waals surface area contributed by atoms with Crippen LogP contribution in [0.5, 0.6) is 0 Å². The lowest BCUT2D eigenvalue weighted by atomic mass is 10.1. The van der Waals surface area contributed by atoms with Gasteiger partial charge in [0.15, 0.2) is 0 Å². The minimum absolute atomic E-state index is 0.136. The lowest BCUT2D eigenvalue weighted by Gasteiger charge is -2.31. The number of benzene rings is 3. The maximum absolute atomic E-state index is 13.9. The summed E-state index contributed by atoms with van der Waals surface area (Å²) in [6.07, 6.45) is 0.827. The lowest BCUT2D eigenvalue weighted by molar-refractivity contribution is 0.185. The van der Waals surface area contributed by atoms with E-state index in [-0.39, 0.29) is 11.6 Å². The SMILES string of the molecule is Cc1ccc(C)c(-n2c(C(C)N(CCC(C)C)C(=O)Nc3ccccc3)nc3ccccc3c2=O)c1. The standard InChI is InChI=1S/C30H34N4O2/c1-20(2)17-18-33(30(36)31-24-11-7-6-8-12-24)23(5)28-32-26-14-10-9-13-25(26)29(35)34(28)27-19-21(3)15-16-22(27)4/h6-16,19-20,23H,17-18H2,1-5H3,(H,31,36). The highest BCUT2D eigenvalue weighted by atomic mass is 16.2. The van der Waals surface area contributed by atoms with Crippen LogP contribution in [-0.2, 0) is 0 Å². The van der Waals surface area contributed by atoms with Gasteiger partial charge in [-0.1, -0.05) is 56.3 Å². The van der Waals surface area contributed by atoms with Crippen LogP contribution in [0.15, 0.2) is 77.6 Å². The molecule has 0 saturated heterocycles. The summed E-state index contributed by atoms with van der Waals surface area (Å²) in [5.41, 5.74) is 4.01. The zero-order valence-corrected chi connectivity index (χ0v) is 21.7. The van der Waals surface area contributed by atoms with Gasteiger partial charge in [-0.25, -0.2) is 9.78 Å². The molecule has 0 aliphatic carbocycles. The highest BCUT2D eigenvalue weighted by molar-refractivity contribution is 5.89. The van der Waals surface area contributed by atoms with Crippen molar-refractivity contribution in [3.05, 3.63) is 100 Å². The largest absolute Gasteiger partial charge is 0.322 e. The number of carbonyl (C=O) groups excluding carboxylic acids is 1. The second kappa shape index (κ2) is 10.8. The lowest BCUT2D eigenvalue weighted by Crippen LogP contribution is -2.41. The van der Waals surface area contributed by atoms with Crippen LogP contribution in [-0.4, -0.2) is 27.0 Å². The summed E-state index contributed by atoms with van der Waals surface area (Å²) >= 11 is 0. The first-order valence-electron chi connectivity index (χ1n) is 12.5. The normalized spacial score (nSPS) is 12.1. The maximum atomic E-state index is 13.9. The van der Waals surface area contributed by atoms with Crippen molar-refractivity contribution < 1.29 is 4.79 Å². The Kier molecular flexibility index (Phi) is 7.53. The Bertz CT molecular complexity index is 1430. The average Bonchev–Trinajstić information content (AvgIpc) is 2.86.